The highest BCUT2D eigenvalue weighted by Gasteiger charge is 2.13. The number of hydrogen-bond donors (Lipinski definition) is 2. The van der Waals surface area contributed by atoms with Crippen molar-refractivity contribution in [1.29, 1.82) is 0 Å². The number of quaternary nitrogens is 2. The average Bonchev–Trinajstić information content (AvgIpc) is 2.25. The van der Waals surface area contributed by atoms with E-state index < -0.39 is 0 Å². The zero-order chi connectivity index (χ0) is 11.1. The molecule has 2 nitrogen and oxygen atoms in total. The maximum Gasteiger partial charge on any atom is 0.0771 e. The van der Waals surface area contributed by atoms with Crippen LogP contribution in [0.5, 0.6) is 0 Å². The lowest BCUT2D eigenvalue weighted by Gasteiger charge is -2.23. The summed E-state index contributed by atoms with van der Waals surface area (Å²) >= 11 is 0. The van der Waals surface area contributed by atoms with Crippen molar-refractivity contribution in [3.63, 3.8) is 0 Å². The van der Waals surface area contributed by atoms with Gasteiger partial charge < -0.3 is 9.80 Å². The van der Waals surface area contributed by atoms with Gasteiger partial charge in [-0.2, -0.15) is 0 Å². The molecule has 0 aromatic carbocycles. The molecule has 2 saturated heterocycles. The van der Waals surface area contributed by atoms with E-state index in [4.69, 9.17) is 0 Å². The van der Waals surface area contributed by atoms with Crippen molar-refractivity contribution in [2.75, 3.05) is 40.3 Å². The van der Waals surface area contributed by atoms with Crippen molar-refractivity contribution in [2.24, 2.45) is 5.92 Å². The van der Waals surface area contributed by atoms with Crippen LogP contribution in [-0.2, 0) is 0 Å². The molecule has 2 heterocycles. The second kappa shape index (κ2) is 7.24. The molecule has 2 heteroatoms. The maximum atomic E-state index is 2.35. The number of piperidine rings is 2. The third-order valence-corrected chi connectivity index (χ3v) is 3.83. The van der Waals surface area contributed by atoms with Crippen LogP contribution in [0.3, 0.4) is 0 Å². The fourth-order valence-electron chi connectivity index (χ4n) is 2.41. The highest BCUT2D eigenvalue weighted by Crippen LogP contribution is 2.05. The molecule has 0 radical (unpaired) electrons. The smallest absolute Gasteiger partial charge is 0.0771 e. The normalized spacial score (nSPS) is 33.0. The Bertz CT molecular complexity index is 135. The van der Waals surface area contributed by atoms with Gasteiger partial charge in [-0.15, -0.1) is 0 Å². The van der Waals surface area contributed by atoms with E-state index in [2.05, 4.69) is 21.0 Å². The third kappa shape index (κ3) is 6.16. The van der Waals surface area contributed by atoms with Gasteiger partial charge in [0.25, 0.3) is 0 Å². The first kappa shape index (κ1) is 13.0. The highest BCUT2D eigenvalue weighted by molar-refractivity contribution is 4.54. The van der Waals surface area contributed by atoms with Crippen LogP contribution in [0.4, 0.5) is 0 Å². The van der Waals surface area contributed by atoms with E-state index in [0.717, 1.165) is 5.92 Å². The van der Waals surface area contributed by atoms with Crippen LogP contribution in [-0.4, -0.2) is 40.3 Å². The van der Waals surface area contributed by atoms with Gasteiger partial charge in [0.05, 0.1) is 40.3 Å². The molecule has 0 aliphatic carbocycles. The molecule has 0 aromatic heterocycles. The van der Waals surface area contributed by atoms with E-state index >= 15 is 0 Å². The van der Waals surface area contributed by atoms with Crippen molar-refractivity contribution in [3.8, 4) is 0 Å². The molecule has 0 aromatic rings. The zero-order valence-corrected chi connectivity index (χ0v) is 10.9. The Morgan fingerprint density at radius 1 is 0.733 bits per heavy atom. The average molecular weight is 214 g/mol. The minimum absolute atomic E-state index is 0.999. The Morgan fingerprint density at radius 3 is 1.53 bits per heavy atom. The lowest BCUT2D eigenvalue weighted by molar-refractivity contribution is -0.885. The maximum absolute atomic E-state index is 2.35. The Morgan fingerprint density at radius 2 is 1.20 bits per heavy atom. The number of rotatable bonds is 0. The van der Waals surface area contributed by atoms with Crippen molar-refractivity contribution in [3.05, 3.63) is 0 Å². The Balaban J connectivity index is 0.000000151. The zero-order valence-electron chi connectivity index (χ0n) is 10.9. The summed E-state index contributed by atoms with van der Waals surface area (Å²) < 4.78 is 0. The van der Waals surface area contributed by atoms with Crippen LogP contribution >= 0.6 is 0 Å². The lowest BCUT2D eigenvalue weighted by Crippen LogP contribution is -3.10. The summed E-state index contributed by atoms with van der Waals surface area (Å²) in [5.74, 6) is 0.999. The Labute approximate surface area is 95.6 Å². The molecule has 15 heavy (non-hydrogen) atoms. The molecule has 2 aliphatic rings. The largest absolute Gasteiger partial charge is 0.337 e. The van der Waals surface area contributed by atoms with E-state index in [9.17, 15) is 0 Å². The minimum Gasteiger partial charge on any atom is -0.337 e. The van der Waals surface area contributed by atoms with Gasteiger partial charge in [-0.05, 0) is 38.0 Å². The van der Waals surface area contributed by atoms with E-state index in [1.807, 2.05) is 0 Å². The van der Waals surface area contributed by atoms with Crippen LogP contribution in [0.2, 0.25) is 0 Å². The minimum atomic E-state index is 0.999. The molecular formula is C13H30N2+2. The molecule has 2 fully saturated rings. The topological polar surface area (TPSA) is 8.88 Å². The predicted molar refractivity (Wildman–Crippen MR) is 65.5 cm³/mol. The molecule has 0 unspecified atom stereocenters. The van der Waals surface area contributed by atoms with Gasteiger partial charge in [0.15, 0.2) is 0 Å². The summed E-state index contributed by atoms with van der Waals surface area (Å²) in [7, 11) is 4.56. The van der Waals surface area contributed by atoms with E-state index in [-0.39, 0.29) is 0 Å². The molecule has 0 amide bonds. The fraction of sp³-hybridized carbons (Fsp3) is 1.00. The van der Waals surface area contributed by atoms with Gasteiger partial charge in [-0.1, -0.05) is 6.92 Å². The molecule has 90 valence electrons. The molecule has 0 spiro atoms. The first-order valence-corrected chi connectivity index (χ1v) is 6.81. The monoisotopic (exact) mass is 214 g/mol. The summed E-state index contributed by atoms with van der Waals surface area (Å²) in [4.78, 5) is 3.43. The number of hydrogen-bond acceptors (Lipinski definition) is 0. The quantitative estimate of drug-likeness (QED) is 0.544. The van der Waals surface area contributed by atoms with Crippen LogP contribution in [0.1, 0.15) is 39.0 Å². The first-order chi connectivity index (χ1) is 7.18. The van der Waals surface area contributed by atoms with Crippen molar-refractivity contribution in [2.45, 2.75) is 39.0 Å². The molecule has 2 N–H and O–H groups in total. The third-order valence-electron chi connectivity index (χ3n) is 3.83. The Hall–Kier alpha value is -0.0800. The van der Waals surface area contributed by atoms with Crippen LogP contribution in [0, 0.1) is 5.92 Å². The van der Waals surface area contributed by atoms with Gasteiger partial charge in [-0.3, -0.25) is 0 Å². The van der Waals surface area contributed by atoms with Gasteiger partial charge in [-0.25, -0.2) is 0 Å². The molecule has 2 aliphatic heterocycles. The number of nitrogens with one attached hydrogen (secondary N) is 2. The van der Waals surface area contributed by atoms with Crippen LogP contribution in [0.25, 0.3) is 0 Å². The number of likely N-dealkylation sites (tertiary alicyclic amines) is 2. The van der Waals surface area contributed by atoms with Crippen LogP contribution in [0.15, 0.2) is 0 Å². The van der Waals surface area contributed by atoms with Gasteiger partial charge >= 0.3 is 0 Å². The molecule has 2 rings (SSSR count). The van der Waals surface area contributed by atoms with Crippen LogP contribution < -0.4 is 9.80 Å². The van der Waals surface area contributed by atoms with E-state index in [0.29, 0.717) is 0 Å². The second-order valence-electron chi connectivity index (χ2n) is 5.66. The first-order valence-electron chi connectivity index (χ1n) is 6.81. The van der Waals surface area contributed by atoms with Crippen molar-refractivity contribution < 1.29 is 9.80 Å². The van der Waals surface area contributed by atoms with Crippen molar-refractivity contribution in [1.82, 2.24) is 0 Å². The molecule has 0 saturated carbocycles. The summed E-state index contributed by atoms with van der Waals surface area (Å²) in [6.45, 7) is 7.94. The van der Waals surface area contributed by atoms with Gasteiger partial charge in [0.1, 0.15) is 0 Å². The van der Waals surface area contributed by atoms with E-state index in [1.54, 1.807) is 9.80 Å². The van der Waals surface area contributed by atoms with E-state index in [1.165, 1.54) is 58.3 Å². The van der Waals surface area contributed by atoms with Gasteiger partial charge in [0.2, 0.25) is 0 Å². The van der Waals surface area contributed by atoms with Gasteiger partial charge in [0, 0.05) is 0 Å². The Kier molecular flexibility index (Phi) is 6.26. The summed E-state index contributed by atoms with van der Waals surface area (Å²) in [5.41, 5.74) is 0. The standard InChI is InChI=1S/C7H15N.C6H13N/c1-7-3-5-8(2)6-4-7;1-7-5-3-2-4-6-7/h7H,3-6H2,1-2H3;2-6H2,1H3/p+2. The second-order valence-corrected chi connectivity index (χ2v) is 5.66. The summed E-state index contributed by atoms with van der Waals surface area (Å²) in [5, 5.41) is 0. The molecular weight excluding hydrogens is 184 g/mol. The highest BCUT2D eigenvalue weighted by atomic mass is 15.1. The fourth-order valence-corrected chi connectivity index (χ4v) is 2.41. The van der Waals surface area contributed by atoms with Crippen molar-refractivity contribution >= 4 is 0 Å². The molecule has 0 bridgehead atoms. The predicted octanol–water partition coefficient (Wildman–Crippen LogP) is -0.384. The molecule has 0 atom stereocenters. The SMILES string of the molecule is CC1CC[NH+](C)CC1.C[NH+]1CCCCC1. The lowest BCUT2D eigenvalue weighted by atomic mass is 10.00. The summed E-state index contributed by atoms with van der Waals surface area (Å²) in [6.07, 6.45) is 7.24. The summed E-state index contributed by atoms with van der Waals surface area (Å²) in [6, 6.07) is 0.